The zero-order chi connectivity index (χ0) is 19.8. The summed E-state index contributed by atoms with van der Waals surface area (Å²) in [5, 5.41) is 9.73. The van der Waals surface area contributed by atoms with E-state index in [0.29, 0.717) is 52.6 Å². The summed E-state index contributed by atoms with van der Waals surface area (Å²) in [4.78, 5) is 30.1. The molecule has 1 aromatic heterocycles. The summed E-state index contributed by atoms with van der Waals surface area (Å²) in [5.41, 5.74) is 1.47. The van der Waals surface area contributed by atoms with E-state index in [1.165, 1.54) is 24.3 Å². The zero-order valence-corrected chi connectivity index (χ0v) is 16.5. The van der Waals surface area contributed by atoms with Crippen LogP contribution in [0.4, 0.5) is 4.39 Å². The summed E-state index contributed by atoms with van der Waals surface area (Å²) in [6, 6.07) is 10.9. The van der Waals surface area contributed by atoms with Crippen molar-refractivity contribution in [1.29, 1.82) is 0 Å². The highest BCUT2D eigenvalue weighted by atomic mass is 79.9. The molecule has 2 N–H and O–H groups in total. The van der Waals surface area contributed by atoms with Crippen LogP contribution in [0.2, 0.25) is 0 Å². The fraction of sp³-hybridized carbons (Fsp3) is 0.238. The number of hydrogen-bond acceptors (Lipinski definition) is 3. The maximum absolute atomic E-state index is 14.1. The lowest BCUT2D eigenvalue weighted by Crippen LogP contribution is -2.40. The molecule has 1 amide bonds. The number of carbonyl (C=O) groups is 2. The van der Waals surface area contributed by atoms with Crippen molar-refractivity contribution < 1.29 is 19.1 Å². The van der Waals surface area contributed by atoms with Gasteiger partial charge in [0, 0.05) is 34.4 Å². The highest BCUT2D eigenvalue weighted by Gasteiger charge is 2.29. The number of halogens is 2. The van der Waals surface area contributed by atoms with Gasteiger partial charge >= 0.3 is 0 Å². The van der Waals surface area contributed by atoms with Gasteiger partial charge in [0.2, 0.25) is 0 Å². The molecule has 1 saturated heterocycles. The zero-order valence-electron chi connectivity index (χ0n) is 14.9. The average molecular weight is 445 g/mol. The van der Waals surface area contributed by atoms with E-state index in [9.17, 15) is 19.1 Å². The quantitative estimate of drug-likeness (QED) is 0.583. The number of amides is 1. The molecular weight excluding hydrogens is 427 g/mol. The first kappa shape index (κ1) is 18.7. The smallest absolute Gasteiger partial charge is 0.270 e. The molecule has 28 heavy (non-hydrogen) atoms. The predicted octanol–water partition coefficient (Wildman–Crippen LogP) is 4.51. The fourth-order valence-corrected chi connectivity index (χ4v) is 4.08. The monoisotopic (exact) mass is 444 g/mol. The minimum absolute atomic E-state index is 0.0321. The fourth-order valence-electron chi connectivity index (χ4n) is 3.65. The molecule has 0 atom stereocenters. The molecule has 2 heterocycles. The van der Waals surface area contributed by atoms with Crippen LogP contribution in [0, 0.1) is 11.7 Å². The topological polar surface area (TPSA) is 73.4 Å². The maximum atomic E-state index is 14.1. The second kappa shape index (κ2) is 7.39. The predicted molar refractivity (Wildman–Crippen MR) is 107 cm³/mol. The highest BCUT2D eigenvalue weighted by Crippen LogP contribution is 2.27. The van der Waals surface area contributed by atoms with Crippen LogP contribution in [0.15, 0.2) is 46.9 Å². The summed E-state index contributed by atoms with van der Waals surface area (Å²) in [6.45, 7) is 0.934. The molecule has 0 radical (unpaired) electrons. The Labute approximate surface area is 169 Å². The Kier molecular flexibility index (Phi) is 4.93. The van der Waals surface area contributed by atoms with Gasteiger partial charge in [-0.2, -0.15) is 0 Å². The summed E-state index contributed by atoms with van der Waals surface area (Å²) >= 11 is 3.25. The van der Waals surface area contributed by atoms with Crippen molar-refractivity contribution in [2.24, 2.45) is 5.92 Å². The van der Waals surface area contributed by atoms with Crippen LogP contribution in [0.1, 0.15) is 33.7 Å². The lowest BCUT2D eigenvalue weighted by molar-refractivity contribution is 0.0646. The summed E-state index contributed by atoms with van der Waals surface area (Å²) in [5.74, 6) is -0.576. The van der Waals surface area contributed by atoms with Crippen LogP contribution in [-0.2, 0) is 0 Å². The lowest BCUT2D eigenvalue weighted by Gasteiger charge is -2.31. The number of nitrogens with zero attached hydrogens (tertiary/aromatic N) is 1. The number of aromatic nitrogens is 1. The SMILES string of the molecule is O=C(c1ccc(O)cc1)C1CCN(C(=O)c2cc3c(F)cc(Br)cc3[nH]2)CC1. The molecule has 5 nitrogen and oxygen atoms in total. The third-order valence-electron chi connectivity index (χ3n) is 5.19. The lowest BCUT2D eigenvalue weighted by atomic mass is 9.89. The molecule has 1 fully saturated rings. The Morgan fingerprint density at radius 2 is 1.79 bits per heavy atom. The number of likely N-dealkylation sites (tertiary alicyclic amines) is 1. The van der Waals surface area contributed by atoms with E-state index in [1.807, 2.05) is 0 Å². The third-order valence-corrected chi connectivity index (χ3v) is 5.65. The van der Waals surface area contributed by atoms with Gasteiger partial charge in [0.25, 0.3) is 5.91 Å². The van der Waals surface area contributed by atoms with Gasteiger partial charge in [-0.15, -0.1) is 0 Å². The number of rotatable bonds is 3. The first-order valence-electron chi connectivity index (χ1n) is 9.02. The van der Waals surface area contributed by atoms with E-state index in [0.717, 1.165) is 0 Å². The van der Waals surface area contributed by atoms with Crippen LogP contribution < -0.4 is 0 Å². The van der Waals surface area contributed by atoms with Gasteiger partial charge in [0.1, 0.15) is 17.3 Å². The van der Waals surface area contributed by atoms with Crippen molar-refractivity contribution in [2.75, 3.05) is 13.1 Å². The van der Waals surface area contributed by atoms with E-state index in [2.05, 4.69) is 20.9 Å². The number of ketones is 1. The highest BCUT2D eigenvalue weighted by molar-refractivity contribution is 9.10. The average Bonchev–Trinajstić information content (AvgIpc) is 3.12. The molecule has 0 aliphatic carbocycles. The van der Waals surface area contributed by atoms with Gasteiger partial charge in [-0.1, -0.05) is 15.9 Å². The summed E-state index contributed by atoms with van der Waals surface area (Å²) in [6.07, 6.45) is 1.15. The van der Waals surface area contributed by atoms with Crippen molar-refractivity contribution >= 4 is 38.5 Å². The Hall–Kier alpha value is -2.67. The largest absolute Gasteiger partial charge is 0.508 e. The molecule has 0 bridgehead atoms. The molecule has 4 rings (SSSR count). The molecule has 0 spiro atoms. The molecule has 1 aliphatic rings. The van der Waals surface area contributed by atoms with Gasteiger partial charge in [-0.25, -0.2) is 4.39 Å². The second-order valence-corrected chi connectivity index (χ2v) is 7.93. The Balaban J connectivity index is 1.45. The van der Waals surface area contributed by atoms with Gasteiger partial charge in [0.15, 0.2) is 5.78 Å². The molecule has 2 aromatic carbocycles. The number of piperidine rings is 1. The minimum atomic E-state index is -0.391. The first-order valence-corrected chi connectivity index (χ1v) is 9.82. The number of aromatic hydroxyl groups is 1. The van der Waals surface area contributed by atoms with Gasteiger partial charge in [-0.3, -0.25) is 9.59 Å². The van der Waals surface area contributed by atoms with E-state index in [-0.39, 0.29) is 23.4 Å². The van der Waals surface area contributed by atoms with E-state index in [1.54, 1.807) is 23.1 Å². The number of H-pyrrole nitrogens is 1. The molecule has 144 valence electrons. The Bertz CT molecular complexity index is 1050. The van der Waals surface area contributed by atoms with Crippen molar-refractivity contribution in [3.05, 3.63) is 64.0 Å². The van der Waals surface area contributed by atoms with Gasteiger partial charge in [-0.05, 0) is 55.3 Å². The molecule has 0 unspecified atom stereocenters. The van der Waals surface area contributed by atoms with Crippen LogP contribution >= 0.6 is 15.9 Å². The van der Waals surface area contributed by atoms with Gasteiger partial charge < -0.3 is 15.0 Å². The number of phenols is 1. The number of hydrogen-bond donors (Lipinski definition) is 2. The van der Waals surface area contributed by atoms with E-state index < -0.39 is 5.82 Å². The molecular formula is C21H18BrFN2O3. The van der Waals surface area contributed by atoms with E-state index in [4.69, 9.17) is 0 Å². The Morgan fingerprint density at radius 1 is 1.11 bits per heavy atom. The molecule has 1 aliphatic heterocycles. The van der Waals surface area contributed by atoms with Gasteiger partial charge in [0.05, 0.1) is 5.52 Å². The van der Waals surface area contributed by atoms with Crippen LogP contribution in [0.25, 0.3) is 10.9 Å². The first-order chi connectivity index (χ1) is 13.4. The molecule has 0 saturated carbocycles. The number of benzene rings is 2. The number of carbonyl (C=O) groups excluding carboxylic acids is 2. The van der Waals surface area contributed by atoms with Crippen molar-refractivity contribution in [3.63, 3.8) is 0 Å². The number of aromatic amines is 1. The normalized spacial score (nSPS) is 15.1. The molecule has 7 heteroatoms. The second-order valence-electron chi connectivity index (χ2n) is 7.01. The summed E-state index contributed by atoms with van der Waals surface area (Å²) in [7, 11) is 0. The number of phenolic OH excluding ortho intramolecular Hbond substituents is 1. The van der Waals surface area contributed by atoms with Crippen molar-refractivity contribution in [1.82, 2.24) is 9.88 Å². The Morgan fingerprint density at radius 3 is 2.46 bits per heavy atom. The van der Waals surface area contributed by atoms with E-state index >= 15 is 0 Å². The minimum Gasteiger partial charge on any atom is -0.508 e. The number of fused-ring (bicyclic) bond motifs is 1. The van der Waals surface area contributed by atoms with Crippen LogP contribution in [0.3, 0.4) is 0 Å². The van der Waals surface area contributed by atoms with Crippen LogP contribution in [-0.4, -0.2) is 39.8 Å². The number of Topliss-reactive ketones (excluding diaryl/α,β-unsaturated/α-hetero) is 1. The molecule has 3 aromatic rings. The van der Waals surface area contributed by atoms with Crippen molar-refractivity contribution in [3.8, 4) is 5.75 Å². The summed E-state index contributed by atoms with van der Waals surface area (Å²) < 4.78 is 14.7. The van der Waals surface area contributed by atoms with Crippen molar-refractivity contribution in [2.45, 2.75) is 12.8 Å². The third kappa shape index (κ3) is 3.54. The maximum Gasteiger partial charge on any atom is 0.270 e. The van der Waals surface area contributed by atoms with Crippen LogP contribution in [0.5, 0.6) is 5.75 Å². The number of nitrogens with one attached hydrogen (secondary N) is 1. The standard InChI is InChI=1S/C21H18BrFN2O3/c22-14-9-17(23)16-11-19(24-18(16)10-14)21(28)25-7-5-13(6-8-25)20(27)12-1-3-15(26)4-2-12/h1-4,9-11,13,24,26H,5-8H2.